The zero-order chi connectivity index (χ0) is 24.6. The first-order valence-electron chi connectivity index (χ1n) is 11.6. The summed E-state index contributed by atoms with van der Waals surface area (Å²) in [6.45, 7) is 2.25. The highest BCUT2D eigenvalue weighted by Crippen LogP contribution is 2.29. The lowest BCUT2D eigenvalue weighted by Crippen LogP contribution is -2.36. The lowest BCUT2D eigenvalue weighted by molar-refractivity contribution is 0.0819. The molecule has 180 valence electrons. The van der Waals surface area contributed by atoms with Crippen LogP contribution in [0.2, 0.25) is 0 Å². The molecule has 0 bridgehead atoms. The van der Waals surface area contributed by atoms with Crippen LogP contribution in [-0.4, -0.2) is 39.3 Å². The summed E-state index contributed by atoms with van der Waals surface area (Å²) in [6.07, 6.45) is 2.38. The van der Waals surface area contributed by atoms with Gasteiger partial charge in [-0.25, -0.2) is 0 Å². The quantitative estimate of drug-likeness (QED) is 0.497. The molecule has 0 aliphatic carbocycles. The van der Waals surface area contributed by atoms with Gasteiger partial charge in [0.1, 0.15) is 6.61 Å². The second kappa shape index (κ2) is 11.4. The van der Waals surface area contributed by atoms with Gasteiger partial charge < -0.3 is 24.4 Å². The molecule has 1 aliphatic rings. The van der Waals surface area contributed by atoms with Gasteiger partial charge in [0.25, 0.3) is 5.91 Å². The van der Waals surface area contributed by atoms with Crippen LogP contribution >= 0.6 is 0 Å². The molecular weight excluding hydrogens is 442 g/mol. The van der Waals surface area contributed by atoms with Crippen molar-refractivity contribution in [2.75, 3.05) is 37.5 Å². The van der Waals surface area contributed by atoms with Gasteiger partial charge in [-0.15, -0.1) is 0 Å². The lowest BCUT2D eigenvalue weighted by atomic mass is 10.1. The molecule has 1 saturated heterocycles. The van der Waals surface area contributed by atoms with E-state index in [-0.39, 0.29) is 5.91 Å². The molecule has 7 heteroatoms. The summed E-state index contributed by atoms with van der Waals surface area (Å²) >= 11 is 0. The Labute approximate surface area is 205 Å². The molecule has 1 N–H and O–H groups in total. The van der Waals surface area contributed by atoms with Gasteiger partial charge in [0.15, 0.2) is 11.5 Å². The maximum atomic E-state index is 12.8. The molecule has 0 unspecified atom stereocenters. The number of benzene rings is 3. The van der Waals surface area contributed by atoms with Gasteiger partial charge in [-0.1, -0.05) is 12.1 Å². The summed E-state index contributed by atoms with van der Waals surface area (Å²) in [5, 5.41) is 11.9. The Morgan fingerprint density at radius 2 is 1.71 bits per heavy atom. The third-order valence-electron chi connectivity index (χ3n) is 6.17. The molecule has 7 nitrogen and oxygen atoms in total. The van der Waals surface area contributed by atoms with Crippen LogP contribution in [0.25, 0.3) is 0 Å². The minimum atomic E-state index is -0.226. The van der Waals surface area contributed by atoms with Crippen LogP contribution in [0, 0.1) is 11.3 Å². The van der Waals surface area contributed by atoms with Crippen molar-refractivity contribution in [1.82, 2.24) is 0 Å². The fourth-order valence-corrected chi connectivity index (χ4v) is 4.07. The van der Waals surface area contributed by atoms with E-state index < -0.39 is 0 Å². The highest BCUT2D eigenvalue weighted by atomic mass is 16.5. The molecule has 0 spiro atoms. The standard InChI is InChI=1S/C28H29N3O4/c1-33-25-13-15-31(16-14-25)24-10-8-23(9-11-24)30-28(32)22-7-12-26(27(17-22)34-2)35-19-21-5-3-20(18-29)4-6-21/h3-12,17,25H,13-16,19H2,1-2H3,(H,30,32). The van der Waals surface area contributed by atoms with Crippen LogP contribution < -0.4 is 19.7 Å². The molecular formula is C28H29N3O4. The molecule has 35 heavy (non-hydrogen) atoms. The summed E-state index contributed by atoms with van der Waals surface area (Å²) in [6, 6.07) is 22.3. The third kappa shape index (κ3) is 6.11. The van der Waals surface area contributed by atoms with E-state index in [1.807, 2.05) is 36.4 Å². The molecule has 0 aromatic heterocycles. The molecule has 0 radical (unpaired) electrons. The van der Waals surface area contributed by atoms with Gasteiger partial charge in [0.2, 0.25) is 0 Å². The second-order valence-corrected chi connectivity index (χ2v) is 8.39. The number of nitrogens with zero attached hydrogens (tertiary/aromatic N) is 2. The first kappa shape index (κ1) is 24.1. The van der Waals surface area contributed by atoms with Crippen molar-refractivity contribution in [3.05, 3.63) is 83.4 Å². The Morgan fingerprint density at radius 1 is 1.00 bits per heavy atom. The van der Waals surface area contributed by atoms with Crippen LogP contribution in [0.15, 0.2) is 66.7 Å². The number of carbonyl (C=O) groups is 1. The van der Waals surface area contributed by atoms with E-state index in [1.165, 1.54) is 0 Å². The first-order chi connectivity index (χ1) is 17.1. The number of nitriles is 1. The molecule has 4 rings (SSSR count). The van der Waals surface area contributed by atoms with E-state index in [9.17, 15) is 4.79 Å². The summed E-state index contributed by atoms with van der Waals surface area (Å²) in [4.78, 5) is 15.2. The van der Waals surface area contributed by atoms with Crippen molar-refractivity contribution in [2.45, 2.75) is 25.6 Å². The lowest BCUT2D eigenvalue weighted by Gasteiger charge is -2.33. The molecule has 0 saturated carbocycles. The number of nitrogens with one attached hydrogen (secondary N) is 1. The van der Waals surface area contributed by atoms with Crippen molar-refractivity contribution < 1.29 is 19.0 Å². The van der Waals surface area contributed by atoms with Gasteiger partial charge in [-0.3, -0.25) is 4.79 Å². The number of amides is 1. The number of anilines is 2. The first-order valence-corrected chi connectivity index (χ1v) is 11.6. The Kier molecular flexibility index (Phi) is 7.86. The molecule has 1 heterocycles. The van der Waals surface area contributed by atoms with Gasteiger partial charge >= 0.3 is 0 Å². The predicted molar refractivity (Wildman–Crippen MR) is 135 cm³/mol. The van der Waals surface area contributed by atoms with Crippen molar-refractivity contribution in [3.63, 3.8) is 0 Å². The van der Waals surface area contributed by atoms with Crippen molar-refractivity contribution in [2.24, 2.45) is 0 Å². The number of piperidine rings is 1. The third-order valence-corrected chi connectivity index (χ3v) is 6.17. The fourth-order valence-electron chi connectivity index (χ4n) is 4.07. The van der Waals surface area contributed by atoms with Crippen LogP contribution in [0.5, 0.6) is 11.5 Å². The molecule has 1 aliphatic heterocycles. The number of rotatable bonds is 8. The largest absolute Gasteiger partial charge is 0.493 e. The topological polar surface area (TPSA) is 83.8 Å². The maximum Gasteiger partial charge on any atom is 0.255 e. The van der Waals surface area contributed by atoms with E-state index in [1.54, 1.807) is 44.6 Å². The SMILES string of the molecule is COc1cc(C(=O)Nc2ccc(N3CCC(OC)CC3)cc2)ccc1OCc1ccc(C#N)cc1. The Morgan fingerprint density at radius 3 is 2.34 bits per heavy atom. The summed E-state index contributed by atoms with van der Waals surface area (Å²) in [5.41, 5.74) is 3.87. The molecule has 1 amide bonds. The Hall–Kier alpha value is -4.02. The fraction of sp³-hybridized carbons (Fsp3) is 0.286. The maximum absolute atomic E-state index is 12.8. The normalized spacial score (nSPS) is 13.7. The number of ether oxygens (including phenoxy) is 3. The van der Waals surface area contributed by atoms with E-state index in [0.29, 0.717) is 35.3 Å². The summed E-state index contributed by atoms with van der Waals surface area (Å²) < 4.78 is 16.8. The number of carbonyl (C=O) groups excluding carboxylic acids is 1. The Bertz CT molecular complexity index is 1180. The molecule has 0 atom stereocenters. The van der Waals surface area contributed by atoms with Gasteiger partial charge in [0.05, 0.1) is 24.8 Å². The van der Waals surface area contributed by atoms with Gasteiger partial charge in [0, 0.05) is 37.1 Å². The predicted octanol–water partition coefficient (Wildman–Crippen LogP) is 5.01. The van der Waals surface area contributed by atoms with Crippen LogP contribution in [-0.2, 0) is 11.3 Å². The highest BCUT2D eigenvalue weighted by molar-refractivity contribution is 6.04. The van der Waals surface area contributed by atoms with E-state index in [4.69, 9.17) is 19.5 Å². The number of methoxy groups -OCH3 is 2. The smallest absolute Gasteiger partial charge is 0.255 e. The van der Waals surface area contributed by atoms with Gasteiger partial charge in [-0.05, 0) is 73.0 Å². The minimum absolute atomic E-state index is 0.226. The average Bonchev–Trinajstić information content (AvgIpc) is 2.92. The van der Waals surface area contributed by atoms with E-state index in [2.05, 4.69) is 16.3 Å². The molecule has 3 aromatic carbocycles. The summed E-state index contributed by atoms with van der Waals surface area (Å²) in [5.74, 6) is 0.784. The van der Waals surface area contributed by atoms with Crippen LogP contribution in [0.4, 0.5) is 11.4 Å². The zero-order valence-electron chi connectivity index (χ0n) is 20.0. The zero-order valence-corrected chi connectivity index (χ0v) is 20.0. The number of hydrogen-bond acceptors (Lipinski definition) is 6. The monoisotopic (exact) mass is 471 g/mol. The van der Waals surface area contributed by atoms with Crippen LogP contribution in [0.3, 0.4) is 0 Å². The highest BCUT2D eigenvalue weighted by Gasteiger charge is 2.19. The molecule has 1 fully saturated rings. The number of hydrogen-bond donors (Lipinski definition) is 1. The second-order valence-electron chi connectivity index (χ2n) is 8.39. The molecule has 3 aromatic rings. The van der Waals surface area contributed by atoms with E-state index in [0.717, 1.165) is 42.9 Å². The van der Waals surface area contributed by atoms with Crippen LogP contribution in [0.1, 0.15) is 34.3 Å². The minimum Gasteiger partial charge on any atom is -0.493 e. The van der Waals surface area contributed by atoms with Crippen molar-refractivity contribution >= 4 is 17.3 Å². The van der Waals surface area contributed by atoms with Gasteiger partial charge in [-0.2, -0.15) is 5.26 Å². The van der Waals surface area contributed by atoms with Crippen molar-refractivity contribution in [1.29, 1.82) is 5.26 Å². The van der Waals surface area contributed by atoms with Crippen molar-refractivity contribution in [3.8, 4) is 17.6 Å². The van der Waals surface area contributed by atoms with E-state index >= 15 is 0 Å². The Balaban J connectivity index is 1.36. The summed E-state index contributed by atoms with van der Waals surface area (Å²) in [7, 11) is 3.31. The average molecular weight is 472 g/mol.